The van der Waals surface area contributed by atoms with Gasteiger partial charge >= 0.3 is 0 Å². The summed E-state index contributed by atoms with van der Waals surface area (Å²) >= 11 is 0. The van der Waals surface area contributed by atoms with E-state index in [1.165, 1.54) is 0 Å². The van der Waals surface area contributed by atoms with Crippen molar-refractivity contribution in [3.05, 3.63) is 29.8 Å². The van der Waals surface area contributed by atoms with Gasteiger partial charge in [-0.25, -0.2) is 0 Å². The Labute approximate surface area is 152 Å². The molecule has 4 nitrogen and oxygen atoms in total. The maximum absolute atomic E-state index is 12.9. The predicted molar refractivity (Wildman–Crippen MR) is 103 cm³/mol. The molecule has 0 saturated carbocycles. The van der Waals surface area contributed by atoms with Crippen LogP contribution in [0.25, 0.3) is 0 Å². The van der Waals surface area contributed by atoms with E-state index in [-0.39, 0.29) is 23.1 Å². The summed E-state index contributed by atoms with van der Waals surface area (Å²) in [4.78, 5) is 29.3. The van der Waals surface area contributed by atoms with Crippen LogP contribution < -0.4 is 4.90 Å². The topological polar surface area (TPSA) is 40.6 Å². The summed E-state index contributed by atoms with van der Waals surface area (Å²) in [6, 6.07) is 8.06. The highest BCUT2D eigenvalue weighted by Crippen LogP contribution is 2.35. The Kier molecular flexibility index (Phi) is 6.26. The van der Waals surface area contributed by atoms with E-state index in [9.17, 15) is 9.59 Å². The first-order valence-corrected chi connectivity index (χ1v) is 9.48. The van der Waals surface area contributed by atoms with Crippen molar-refractivity contribution in [2.75, 3.05) is 24.5 Å². The van der Waals surface area contributed by atoms with Crippen LogP contribution in [-0.4, -0.2) is 36.3 Å². The Balaban J connectivity index is 2.22. The number of rotatable bonds is 6. The minimum absolute atomic E-state index is 0.0462. The van der Waals surface area contributed by atoms with Gasteiger partial charge < -0.3 is 9.80 Å². The van der Waals surface area contributed by atoms with Crippen LogP contribution in [0.3, 0.4) is 0 Å². The Hall–Kier alpha value is -1.84. The molecule has 0 bridgehead atoms. The fraction of sp³-hybridized carbons (Fsp3) is 0.619. The molecule has 4 heteroatoms. The van der Waals surface area contributed by atoms with Gasteiger partial charge in [-0.1, -0.05) is 52.8 Å². The number of carbonyl (C=O) groups is 2. The second kappa shape index (κ2) is 8.03. The van der Waals surface area contributed by atoms with Crippen molar-refractivity contribution in [1.29, 1.82) is 0 Å². The van der Waals surface area contributed by atoms with Gasteiger partial charge in [0.05, 0.1) is 5.92 Å². The molecule has 1 atom stereocenters. The zero-order chi connectivity index (χ0) is 18.6. The lowest BCUT2D eigenvalue weighted by atomic mass is 9.85. The Morgan fingerprint density at radius 2 is 1.76 bits per heavy atom. The van der Waals surface area contributed by atoms with Crippen LogP contribution in [0, 0.1) is 5.92 Å². The van der Waals surface area contributed by atoms with E-state index >= 15 is 0 Å². The molecule has 0 spiro atoms. The smallest absolute Gasteiger partial charge is 0.228 e. The molecule has 1 aromatic rings. The fourth-order valence-electron chi connectivity index (χ4n) is 3.58. The quantitative estimate of drug-likeness (QED) is 0.783. The van der Waals surface area contributed by atoms with Gasteiger partial charge in [-0.05, 0) is 29.9 Å². The summed E-state index contributed by atoms with van der Waals surface area (Å²) in [7, 11) is 0. The average Bonchev–Trinajstić information content (AvgIpc) is 2.95. The minimum Gasteiger partial charge on any atom is -0.342 e. The molecule has 1 fully saturated rings. The van der Waals surface area contributed by atoms with Crippen molar-refractivity contribution in [1.82, 2.24) is 4.90 Å². The molecule has 1 saturated heterocycles. The highest BCUT2D eigenvalue weighted by molar-refractivity contribution is 6.01. The van der Waals surface area contributed by atoms with Crippen molar-refractivity contribution in [3.63, 3.8) is 0 Å². The zero-order valence-electron chi connectivity index (χ0n) is 16.3. The predicted octanol–water partition coefficient (Wildman–Crippen LogP) is 3.99. The molecule has 2 amide bonds. The number of hydrogen-bond donors (Lipinski definition) is 0. The molecule has 0 N–H and O–H groups in total. The number of para-hydroxylation sites is 1. The van der Waals surface area contributed by atoms with Gasteiger partial charge in [0.25, 0.3) is 0 Å². The molecule has 2 rings (SSSR count). The van der Waals surface area contributed by atoms with Crippen LogP contribution in [0.1, 0.15) is 59.4 Å². The van der Waals surface area contributed by atoms with E-state index < -0.39 is 0 Å². The van der Waals surface area contributed by atoms with Gasteiger partial charge in [0.15, 0.2) is 0 Å². The molecule has 25 heavy (non-hydrogen) atoms. The van der Waals surface area contributed by atoms with E-state index in [1.807, 2.05) is 28.0 Å². The molecule has 1 aliphatic rings. The van der Waals surface area contributed by atoms with Crippen LogP contribution in [0.15, 0.2) is 24.3 Å². The van der Waals surface area contributed by atoms with Crippen LogP contribution >= 0.6 is 0 Å². The summed E-state index contributed by atoms with van der Waals surface area (Å²) in [5, 5.41) is 0. The largest absolute Gasteiger partial charge is 0.342 e. The van der Waals surface area contributed by atoms with E-state index in [0.29, 0.717) is 13.0 Å². The van der Waals surface area contributed by atoms with Crippen molar-refractivity contribution in [2.45, 2.75) is 59.3 Å². The summed E-state index contributed by atoms with van der Waals surface area (Å²) < 4.78 is 0. The fourth-order valence-corrected chi connectivity index (χ4v) is 3.58. The monoisotopic (exact) mass is 344 g/mol. The highest BCUT2D eigenvalue weighted by atomic mass is 16.2. The third-order valence-electron chi connectivity index (χ3n) is 4.78. The maximum Gasteiger partial charge on any atom is 0.228 e. The molecule has 0 aromatic heterocycles. The normalized spacial score (nSPS) is 17.9. The molecule has 1 aromatic carbocycles. The Bertz CT molecular complexity index is 613. The summed E-state index contributed by atoms with van der Waals surface area (Å²) in [5.74, 6) is -0.0330. The van der Waals surface area contributed by atoms with Gasteiger partial charge in [0.2, 0.25) is 11.8 Å². The van der Waals surface area contributed by atoms with Crippen molar-refractivity contribution < 1.29 is 9.59 Å². The minimum atomic E-state index is -0.223. The summed E-state index contributed by atoms with van der Waals surface area (Å²) in [6.07, 6.45) is 2.22. The first-order chi connectivity index (χ1) is 11.8. The van der Waals surface area contributed by atoms with Gasteiger partial charge in [0, 0.05) is 31.7 Å². The lowest BCUT2D eigenvalue weighted by Gasteiger charge is -2.28. The SMILES string of the molecule is CCCN(CCC)C(=O)C1CC(=O)N(c2ccccc2C(C)(C)C)C1. The second-order valence-electron chi connectivity index (χ2n) is 8.00. The van der Waals surface area contributed by atoms with Gasteiger partial charge in [-0.3, -0.25) is 9.59 Å². The van der Waals surface area contributed by atoms with Crippen molar-refractivity contribution in [3.8, 4) is 0 Å². The van der Waals surface area contributed by atoms with E-state index in [0.717, 1.165) is 37.2 Å². The number of hydrogen-bond acceptors (Lipinski definition) is 2. The first-order valence-electron chi connectivity index (χ1n) is 9.48. The third-order valence-corrected chi connectivity index (χ3v) is 4.78. The first kappa shape index (κ1) is 19.5. The van der Waals surface area contributed by atoms with Crippen molar-refractivity contribution >= 4 is 17.5 Å². The number of benzene rings is 1. The Morgan fingerprint density at radius 3 is 2.32 bits per heavy atom. The number of anilines is 1. The number of nitrogens with zero attached hydrogens (tertiary/aromatic N) is 2. The van der Waals surface area contributed by atoms with Crippen molar-refractivity contribution in [2.24, 2.45) is 5.92 Å². The van der Waals surface area contributed by atoms with Gasteiger partial charge in [-0.15, -0.1) is 0 Å². The molecule has 0 radical (unpaired) electrons. The van der Waals surface area contributed by atoms with E-state index in [4.69, 9.17) is 0 Å². The molecule has 138 valence electrons. The van der Waals surface area contributed by atoms with Crippen LogP contribution in [0.2, 0.25) is 0 Å². The molecule has 1 unspecified atom stereocenters. The molecule has 1 aliphatic heterocycles. The summed E-state index contributed by atoms with van der Waals surface area (Å²) in [5.41, 5.74) is 2.05. The van der Waals surface area contributed by atoms with Crippen LogP contribution in [-0.2, 0) is 15.0 Å². The lowest BCUT2D eigenvalue weighted by molar-refractivity contribution is -0.135. The summed E-state index contributed by atoms with van der Waals surface area (Å²) in [6.45, 7) is 12.7. The number of carbonyl (C=O) groups excluding carboxylic acids is 2. The third kappa shape index (κ3) is 4.42. The maximum atomic E-state index is 12.9. The zero-order valence-corrected chi connectivity index (χ0v) is 16.3. The molecule has 1 heterocycles. The second-order valence-corrected chi connectivity index (χ2v) is 8.00. The Morgan fingerprint density at radius 1 is 1.16 bits per heavy atom. The lowest BCUT2D eigenvalue weighted by Crippen LogP contribution is -2.38. The molecular formula is C21H32N2O2. The average molecular weight is 344 g/mol. The highest BCUT2D eigenvalue weighted by Gasteiger charge is 2.38. The van der Waals surface area contributed by atoms with Crippen LogP contribution in [0.4, 0.5) is 5.69 Å². The van der Waals surface area contributed by atoms with E-state index in [1.54, 1.807) is 0 Å². The molecule has 0 aliphatic carbocycles. The van der Waals surface area contributed by atoms with Gasteiger partial charge in [0.1, 0.15) is 0 Å². The van der Waals surface area contributed by atoms with E-state index in [2.05, 4.69) is 40.7 Å². The number of amides is 2. The standard InChI is InChI=1S/C21H32N2O2/c1-6-12-22(13-7-2)20(25)16-14-19(24)23(15-16)18-11-9-8-10-17(18)21(3,4)5/h8-11,16H,6-7,12-15H2,1-5H3. The molecular weight excluding hydrogens is 312 g/mol. The van der Waals surface area contributed by atoms with Gasteiger partial charge in [-0.2, -0.15) is 0 Å². The van der Waals surface area contributed by atoms with Crippen LogP contribution in [0.5, 0.6) is 0 Å².